The van der Waals surface area contributed by atoms with Crippen molar-refractivity contribution >= 4 is 11.9 Å². The zero-order valence-electron chi connectivity index (χ0n) is 19.5. The summed E-state index contributed by atoms with van der Waals surface area (Å²) < 4.78 is 0. The van der Waals surface area contributed by atoms with Crippen LogP contribution in [0.15, 0.2) is 12.2 Å². The first-order valence-corrected chi connectivity index (χ1v) is 11.8. The van der Waals surface area contributed by atoms with E-state index in [4.69, 9.17) is 20.4 Å². The Morgan fingerprint density at radius 2 is 0.733 bits per heavy atom. The maximum absolute atomic E-state index is 9.55. The van der Waals surface area contributed by atoms with Crippen LogP contribution in [0.3, 0.4) is 0 Å². The molecule has 0 saturated heterocycles. The average Bonchev–Trinajstić information content (AvgIpc) is 2.72. The molecule has 0 unspecified atom stereocenters. The van der Waals surface area contributed by atoms with Crippen molar-refractivity contribution in [2.24, 2.45) is 0 Å². The molecule has 0 aromatic heterocycles. The van der Waals surface area contributed by atoms with Crippen LogP contribution in [0.25, 0.3) is 0 Å². The standard InChI is InChI=1S/2C10H22O.C4H4O4/c2*1-2-3-4-5-6-7-8-9-10-11;5-3(6)1-2-4(7)8/h2*11H,2-10H2,1H3;1-2H,(H,5,6)(H,7,8)/b;;2-1-. The van der Waals surface area contributed by atoms with Crippen LogP contribution in [0.1, 0.15) is 117 Å². The molecule has 0 fully saturated rings. The SMILES string of the molecule is CCCCCCCCCCO.CCCCCCCCCCO.O=C(O)/C=C\C(=O)O. The highest BCUT2D eigenvalue weighted by atomic mass is 16.4. The van der Waals surface area contributed by atoms with Gasteiger partial charge in [-0.05, 0) is 12.8 Å². The fourth-order valence-corrected chi connectivity index (χ4v) is 2.63. The van der Waals surface area contributed by atoms with Crippen molar-refractivity contribution in [3.63, 3.8) is 0 Å². The Kier molecular flexibility index (Phi) is 35.8. The van der Waals surface area contributed by atoms with Gasteiger partial charge in [0.25, 0.3) is 0 Å². The Morgan fingerprint density at radius 3 is 0.933 bits per heavy atom. The van der Waals surface area contributed by atoms with E-state index in [2.05, 4.69) is 13.8 Å². The van der Waals surface area contributed by atoms with E-state index in [-0.39, 0.29) is 0 Å². The molecule has 0 rings (SSSR count). The average molecular weight is 433 g/mol. The second kappa shape index (κ2) is 32.3. The molecule has 0 aromatic carbocycles. The summed E-state index contributed by atoms with van der Waals surface area (Å²) in [6.07, 6.45) is 21.9. The molecule has 0 saturated carbocycles. The first kappa shape index (κ1) is 33.2. The van der Waals surface area contributed by atoms with Crippen LogP contribution in [0, 0.1) is 0 Å². The lowest BCUT2D eigenvalue weighted by molar-refractivity contribution is -0.134. The first-order valence-electron chi connectivity index (χ1n) is 11.8. The van der Waals surface area contributed by atoms with Gasteiger partial charge in [-0.1, -0.05) is 104 Å². The van der Waals surface area contributed by atoms with Crippen molar-refractivity contribution in [1.29, 1.82) is 0 Å². The van der Waals surface area contributed by atoms with E-state index < -0.39 is 11.9 Å². The van der Waals surface area contributed by atoms with E-state index in [1.807, 2.05) is 0 Å². The van der Waals surface area contributed by atoms with Gasteiger partial charge in [0.15, 0.2) is 0 Å². The summed E-state index contributed by atoms with van der Waals surface area (Å²) >= 11 is 0. The van der Waals surface area contributed by atoms with E-state index in [1.54, 1.807) is 0 Å². The molecular weight excluding hydrogens is 384 g/mol. The van der Waals surface area contributed by atoms with Crippen molar-refractivity contribution in [2.45, 2.75) is 117 Å². The normalized spacial score (nSPS) is 10.1. The third-order valence-corrected chi connectivity index (χ3v) is 4.39. The maximum Gasteiger partial charge on any atom is 0.328 e. The maximum atomic E-state index is 9.55. The Hall–Kier alpha value is -1.40. The molecule has 6 heteroatoms. The molecule has 0 aliphatic heterocycles. The molecule has 0 bridgehead atoms. The molecule has 0 spiro atoms. The van der Waals surface area contributed by atoms with Crippen LogP contribution in [-0.2, 0) is 9.59 Å². The summed E-state index contributed by atoms with van der Waals surface area (Å²) in [4.78, 5) is 19.1. The lowest BCUT2D eigenvalue weighted by Gasteiger charge is -1.98. The summed E-state index contributed by atoms with van der Waals surface area (Å²) in [5.74, 6) is -2.51. The van der Waals surface area contributed by atoms with Gasteiger partial charge in [0.05, 0.1) is 0 Å². The number of hydrogen-bond acceptors (Lipinski definition) is 4. The van der Waals surface area contributed by atoms with E-state index >= 15 is 0 Å². The lowest BCUT2D eigenvalue weighted by Crippen LogP contribution is -1.91. The third kappa shape index (κ3) is 45.4. The number of aliphatic hydroxyl groups is 2. The van der Waals surface area contributed by atoms with Crippen LogP contribution in [0.5, 0.6) is 0 Å². The van der Waals surface area contributed by atoms with Crippen molar-refractivity contribution in [3.8, 4) is 0 Å². The van der Waals surface area contributed by atoms with Gasteiger partial charge >= 0.3 is 11.9 Å². The summed E-state index contributed by atoms with van der Waals surface area (Å²) in [5.41, 5.74) is 0. The first-order chi connectivity index (χ1) is 14.5. The number of aliphatic carboxylic acids is 2. The number of rotatable bonds is 18. The van der Waals surface area contributed by atoms with E-state index in [1.165, 1.54) is 89.9 Å². The van der Waals surface area contributed by atoms with Gasteiger partial charge in [-0.25, -0.2) is 9.59 Å². The molecule has 180 valence electrons. The highest BCUT2D eigenvalue weighted by molar-refractivity contribution is 5.89. The van der Waals surface area contributed by atoms with E-state index in [0.29, 0.717) is 25.4 Å². The van der Waals surface area contributed by atoms with E-state index in [9.17, 15) is 9.59 Å². The molecule has 6 nitrogen and oxygen atoms in total. The van der Waals surface area contributed by atoms with E-state index in [0.717, 1.165) is 12.8 Å². The van der Waals surface area contributed by atoms with Crippen molar-refractivity contribution in [3.05, 3.63) is 12.2 Å². The van der Waals surface area contributed by atoms with Crippen LogP contribution in [0.4, 0.5) is 0 Å². The van der Waals surface area contributed by atoms with Crippen molar-refractivity contribution in [2.75, 3.05) is 13.2 Å². The van der Waals surface area contributed by atoms with Crippen LogP contribution in [0.2, 0.25) is 0 Å². The monoisotopic (exact) mass is 432 g/mol. The van der Waals surface area contributed by atoms with Crippen LogP contribution < -0.4 is 0 Å². The Morgan fingerprint density at radius 1 is 0.500 bits per heavy atom. The van der Waals surface area contributed by atoms with Gasteiger partial charge in [-0.2, -0.15) is 0 Å². The van der Waals surface area contributed by atoms with Crippen molar-refractivity contribution < 1.29 is 30.0 Å². The van der Waals surface area contributed by atoms with Gasteiger partial charge in [0, 0.05) is 25.4 Å². The zero-order chi connectivity index (χ0) is 23.3. The Bertz CT molecular complexity index is 319. The van der Waals surface area contributed by atoms with Gasteiger partial charge in [-0.3, -0.25) is 0 Å². The summed E-state index contributed by atoms with van der Waals surface area (Å²) in [7, 11) is 0. The van der Waals surface area contributed by atoms with Gasteiger partial charge in [0.1, 0.15) is 0 Å². The number of carbonyl (C=O) groups is 2. The molecule has 0 aliphatic rings. The number of aliphatic hydroxyl groups excluding tert-OH is 2. The van der Waals surface area contributed by atoms with Gasteiger partial charge in [-0.15, -0.1) is 0 Å². The zero-order valence-corrected chi connectivity index (χ0v) is 19.5. The molecule has 0 aliphatic carbocycles. The third-order valence-electron chi connectivity index (χ3n) is 4.39. The predicted molar refractivity (Wildman–Crippen MR) is 124 cm³/mol. The summed E-state index contributed by atoms with van der Waals surface area (Å²) in [6, 6.07) is 0. The van der Waals surface area contributed by atoms with Gasteiger partial charge in [0.2, 0.25) is 0 Å². The van der Waals surface area contributed by atoms with Crippen LogP contribution >= 0.6 is 0 Å². The molecule has 0 atom stereocenters. The highest BCUT2D eigenvalue weighted by Crippen LogP contribution is 2.08. The smallest absolute Gasteiger partial charge is 0.328 e. The predicted octanol–water partition coefficient (Wildman–Crippen LogP) is 5.95. The lowest BCUT2D eigenvalue weighted by atomic mass is 10.1. The molecule has 4 N–H and O–H groups in total. The molecule has 0 heterocycles. The fourth-order valence-electron chi connectivity index (χ4n) is 2.63. The number of unbranched alkanes of at least 4 members (excludes halogenated alkanes) is 14. The molecule has 0 aromatic rings. The van der Waals surface area contributed by atoms with Gasteiger partial charge < -0.3 is 20.4 Å². The molecule has 0 amide bonds. The summed E-state index contributed by atoms with van der Waals surface area (Å²) in [5, 5.41) is 32.6. The minimum absolute atomic E-state index is 0.370. The Balaban J connectivity index is -0.000000370. The Labute approximate surface area is 184 Å². The quantitative estimate of drug-likeness (QED) is 0.157. The highest BCUT2D eigenvalue weighted by Gasteiger charge is 1.90. The fraction of sp³-hybridized carbons (Fsp3) is 0.833. The molecule has 30 heavy (non-hydrogen) atoms. The van der Waals surface area contributed by atoms with Crippen LogP contribution in [-0.4, -0.2) is 45.6 Å². The van der Waals surface area contributed by atoms with Crippen molar-refractivity contribution in [1.82, 2.24) is 0 Å². The number of carboxylic acids is 2. The largest absolute Gasteiger partial charge is 0.478 e. The molecular formula is C24H48O6. The minimum Gasteiger partial charge on any atom is -0.478 e. The minimum atomic E-state index is -1.26. The summed E-state index contributed by atoms with van der Waals surface area (Å²) in [6.45, 7) is 5.22. The second-order valence-electron chi connectivity index (χ2n) is 7.41. The second-order valence-corrected chi connectivity index (χ2v) is 7.41. The number of carboxylic acid groups (broad SMARTS) is 2. The number of hydrogen-bond donors (Lipinski definition) is 4. The molecule has 0 radical (unpaired) electrons. The topological polar surface area (TPSA) is 115 Å².